The highest BCUT2D eigenvalue weighted by molar-refractivity contribution is 5.77. The number of rotatable bonds is 13. The van der Waals surface area contributed by atoms with Gasteiger partial charge in [0.05, 0.1) is 26.1 Å². The Balaban J connectivity index is 3.73. The third-order valence-corrected chi connectivity index (χ3v) is 2.83. The summed E-state index contributed by atoms with van der Waals surface area (Å²) in [5.74, 6) is -0.944. The third-order valence-electron chi connectivity index (χ3n) is 2.83. The molecule has 0 radical (unpaired) electrons. The van der Waals surface area contributed by atoms with Crippen molar-refractivity contribution in [1.82, 2.24) is 0 Å². The van der Waals surface area contributed by atoms with E-state index in [0.29, 0.717) is 13.2 Å². The first kappa shape index (κ1) is 20.9. The molecule has 0 aromatic carbocycles. The van der Waals surface area contributed by atoms with Gasteiger partial charge in [0.15, 0.2) is 12.6 Å². The molecular weight excluding hydrogens is 288 g/mol. The zero-order chi connectivity index (χ0) is 16.8. The van der Waals surface area contributed by atoms with E-state index in [4.69, 9.17) is 18.9 Å². The molecular formula is C16H30O6. The van der Waals surface area contributed by atoms with Gasteiger partial charge >= 0.3 is 11.9 Å². The minimum atomic E-state index is -0.591. The van der Waals surface area contributed by atoms with Gasteiger partial charge in [-0.05, 0) is 26.7 Å². The van der Waals surface area contributed by atoms with Crippen molar-refractivity contribution >= 4 is 11.9 Å². The van der Waals surface area contributed by atoms with Gasteiger partial charge in [-0.2, -0.15) is 0 Å². The van der Waals surface area contributed by atoms with Crippen LogP contribution in [0.5, 0.6) is 0 Å². The molecule has 0 N–H and O–H groups in total. The summed E-state index contributed by atoms with van der Waals surface area (Å²) in [4.78, 5) is 23.1. The topological polar surface area (TPSA) is 71.1 Å². The van der Waals surface area contributed by atoms with Crippen molar-refractivity contribution in [2.45, 2.75) is 78.8 Å². The molecule has 0 amide bonds. The molecule has 0 heterocycles. The molecule has 2 unspecified atom stereocenters. The van der Waals surface area contributed by atoms with Crippen molar-refractivity contribution in [2.75, 3.05) is 13.2 Å². The van der Waals surface area contributed by atoms with Crippen LogP contribution < -0.4 is 0 Å². The lowest BCUT2D eigenvalue weighted by molar-refractivity contribution is -0.181. The Bertz CT molecular complexity index is 275. The molecule has 2 atom stereocenters. The maximum atomic E-state index is 11.5. The Labute approximate surface area is 133 Å². The summed E-state index contributed by atoms with van der Waals surface area (Å²) in [6, 6.07) is 0. The van der Waals surface area contributed by atoms with Crippen molar-refractivity contribution < 1.29 is 28.5 Å². The van der Waals surface area contributed by atoms with Gasteiger partial charge in [-0.15, -0.1) is 0 Å². The van der Waals surface area contributed by atoms with Gasteiger partial charge in [-0.3, -0.25) is 9.59 Å². The Morgan fingerprint density at radius 3 is 1.45 bits per heavy atom. The SMILES string of the molecule is CCCCOC(C)OC(=O)CCC(=O)OC(C)OCCCC. The molecule has 0 saturated carbocycles. The van der Waals surface area contributed by atoms with Crippen molar-refractivity contribution in [3.8, 4) is 0 Å². The number of unbranched alkanes of at least 4 members (excludes halogenated alkanes) is 2. The fourth-order valence-electron chi connectivity index (χ4n) is 1.55. The first-order valence-corrected chi connectivity index (χ1v) is 8.11. The van der Waals surface area contributed by atoms with Gasteiger partial charge in [0, 0.05) is 0 Å². The quantitative estimate of drug-likeness (QED) is 0.295. The summed E-state index contributed by atoms with van der Waals surface area (Å²) in [6.07, 6.45) is 2.65. The second-order valence-corrected chi connectivity index (χ2v) is 5.06. The molecule has 22 heavy (non-hydrogen) atoms. The fraction of sp³-hybridized carbons (Fsp3) is 0.875. The number of carbonyl (C=O) groups excluding carboxylic acids is 2. The van der Waals surface area contributed by atoms with Gasteiger partial charge in [0.25, 0.3) is 0 Å². The lowest BCUT2D eigenvalue weighted by Gasteiger charge is -2.15. The van der Waals surface area contributed by atoms with Crippen LogP contribution in [0.25, 0.3) is 0 Å². The molecule has 0 rings (SSSR count). The van der Waals surface area contributed by atoms with Crippen LogP contribution in [-0.4, -0.2) is 37.7 Å². The highest BCUT2D eigenvalue weighted by atomic mass is 16.7. The normalized spacial score (nSPS) is 13.5. The number of ether oxygens (including phenoxy) is 4. The second kappa shape index (κ2) is 13.5. The van der Waals surface area contributed by atoms with E-state index in [1.54, 1.807) is 13.8 Å². The van der Waals surface area contributed by atoms with E-state index in [9.17, 15) is 9.59 Å². The molecule has 0 aliphatic heterocycles. The van der Waals surface area contributed by atoms with Crippen LogP contribution in [0.15, 0.2) is 0 Å². The average Bonchev–Trinajstić information content (AvgIpc) is 2.45. The minimum Gasteiger partial charge on any atom is -0.436 e. The Kier molecular flexibility index (Phi) is 12.8. The van der Waals surface area contributed by atoms with E-state index in [2.05, 4.69) is 13.8 Å². The second-order valence-electron chi connectivity index (χ2n) is 5.06. The molecule has 0 aliphatic carbocycles. The van der Waals surface area contributed by atoms with Gasteiger partial charge in [-0.25, -0.2) is 0 Å². The zero-order valence-corrected chi connectivity index (χ0v) is 14.3. The van der Waals surface area contributed by atoms with Gasteiger partial charge < -0.3 is 18.9 Å². The lowest BCUT2D eigenvalue weighted by atomic mass is 10.3. The van der Waals surface area contributed by atoms with Crippen molar-refractivity contribution in [2.24, 2.45) is 0 Å². The fourth-order valence-corrected chi connectivity index (χ4v) is 1.55. The third kappa shape index (κ3) is 12.6. The number of hydrogen-bond acceptors (Lipinski definition) is 6. The van der Waals surface area contributed by atoms with E-state index in [1.807, 2.05) is 0 Å². The molecule has 0 saturated heterocycles. The highest BCUT2D eigenvalue weighted by Crippen LogP contribution is 2.04. The standard InChI is InChI=1S/C16H30O6/c1-5-7-11-19-13(3)21-15(17)9-10-16(18)22-14(4)20-12-8-6-2/h13-14H,5-12H2,1-4H3. The van der Waals surface area contributed by atoms with Gasteiger partial charge in [0.2, 0.25) is 0 Å². The highest BCUT2D eigenvalue weighted by Gasteiger charge is 2.14. The van der Waals surface area contributed by atoms with Crippen LogP contribution >= 0.6 is 0 Å². The van der Waals surface area contributed by atoms with E-state index in [0.717, 1.165) is 25.7 Å². The molecule has 130 valence electrons. The Morgan fingerprint density at radius 2 is 1.14 bits per heavy atom. The largest absolute Gasteiger partial charge is 0.436 e. The molecule has 6 heteroatoms. The van der Waals surface area contributed by atoms with Crippen LogP contribution in [0.2, 0.25) is 0 Å². The minimum absolute atomic E-state index is 0.0258. The molecule has 0 aromatic rings. The van der Waals surface area contributed by atoms with Gasteiger partial charge in [0.1, 0.15) is 0 Å². The van der Waals surface area contributed by atoms with E-state index in [-0.39, 0.29) is 12.8 Å². The number of esters is 2. The molecule has 0 fully saturated rings. The Morgan fingerprint density at radius 1 is 0.773 bits per heavy atom. The molecule has 0 bridgehead atoms. The summed E-state index contributed by atoms with van der Waals surface area (Å²) < 4.78 is 20.7. The van der Waals surface area contributed by atoms with Crippen LogP contribution in [0.3, 0.4) is 0 Å². The first-order valence-electron chi connectivity index (χ1n) is 8.11. The predicted octanol–water partition coefficient (Wildman–Crippen LogP) is 3.18. The smallest absolute Gasteiger partial charge is 0.308 e. The summed E-state index contributed by atoms with van der Waals surface area (Å²) >= 11 is 0. The monoisotopic (exact) mass is 318 g/mol. The zero-order valence-electron chi connectivity index (χ0n) is 14.3. The van der Waals surface area contributed by atoms with Crippen LogP contribution in [0.1, 0.15) is 66.2 Å². The lowest BCUT2D eigenvalue weighted by Crippen LogP contribution is -2.21. The summed E-state index contributed by atoms with van der Waals surface area (Å²) in [7, 11) is 0. The van der Waals surface area contributed by atoms with Crippen LogP contribution in [-0.2, 0) is 28.5 Å². The maximum Gasteiger partial charge on any atom is 0.308 e. The predicted molar refractivity (Wildman–Crippen MR) is 82.1 cm³/mol. The van der Waals surface area contributed by atoms with E-state index in [1.165, 1.54) is 0 Å². The van der Waals surface area contributed by atoms with E-state index >= 15 is 0 Å². The summed E-state index contributed by atoms with van der Waals surface area (Å²) in [5.41, 5.74) is 0. The number of hydrogen-bond donors (Lipinski definition) is 0. The average molecular weight is 318 g/mol. The molecule has 6 nitrogen and oxygen atoms in total. The van der Waals surface area contributed by atoms with Crippen molar-refractivity contribution in [3.05, 3.63) is 0 Å². The van der Waals surface area contributed by atoms with Crippen LogP contribution in [0.4, 0.5) is 0 Å². The van der Waals surface area contributed by atoms with Crippen LogP contribution in [0, 0.1) is 0 Å². The first-order chi connectivity index (χ1) is 10.5. The maximum absolute atomic E-state index is 11.5. The van der Waals surface area contributed by atoms with E-state index < -0.39 is 24.5 Å². The van der Waals surface area contributed by atoms with Crippen molar-refractivity contribution in [3.63, 3.8) is 0 Å². The summed E-state index contributed by atoms with van der Waals surface area (Å²) in [6.45, 7) is 8.54. The van der Waals surface area contributed by atoms with Crippen molar-refractivity contribution in [1.29, 1.82) is 0 Å². The summed E-state index contributed by atoms with van der Waals surface area (Å²) in [5, 5.41) is 0. The molecule has 0 spiro atoms. The molecule has 0 aliphatic rings. The Hall–Kier alpha value is -1.14. The number of carbonyl (C=O) groups is 2. The molecule has 0 aromatic heterocycles. The van der Waals surface area contributed by atoms with Gasteiger partial charge in [-0.1, -0.05) is 26.7 Å².